The van der Waals surface area contributed by atoms with E-state index in [0.717, 1.165) is 5.75 Å². The summed E-state index contributed by atoms with van der Waals surface area (Å²) in [5.74, 6) is 0.833. The molecule has 0 atom stereocenters. The minimum Gasteiger partial charge on any atom is -0.793 e. The summed E-state index contributed by atoms with van der Waals surface area (Å²) in [6, 6.07) is 0. The number of hydrogen-bond donors (Lipinski definition) is 0. The van der Waals surface area contributed by atoms with Crippen molar-refractivity contribution in [1.82, 2.24) is 0 Å². The van der Waals surface area contributed by atoms with Crippen LogP contribution in [0.1, 0.15) is 45.5 Å². The Hall–Kier alpha value is 3.10. The fraction of sp³-hybridized carbons (Fsp3) is 0.875. The summed E-state index contributed by atoms with van der Waals surface area (Å²) >= 11 is 4.39. The van der Waals surface area contributed by atoms with Gasteiger partial charge in [0.15, 0.2) is 0 Å². The molecule has 24 heavy (non-hydrogen) atoms. The van der Waals surface area contributed by atoms with Crippen LogP contribution in [-0.4, -0.2) is 76.9 Å². The fourth-order valence-electron chi connectivity index (χ4n) is 0. The molecule has 0 radical (unpaired) electrons. The summed E-state index contributed by atoms with van der Waals surface area (Å²) in [6.07, 6.45) is 0. The first-order valence-electron chi connectivity index (χ1n) is 0.996. The van der Waals surface area contributed by atoms with E-state index in [1.165, 1.54) is 0 Å². The van der Waals surface area contributed by atoms with Crippen LogP contribution in [-0.2, 0) is 12.6 Å². The van der Waals surface area contributed by atoms with Crippen molar-refractivity contribution in [2.45, 2.75) is 44.1 Å². The van der Waals surface area contributed by atoms with E-state index in [-0.39, 0.29) is 220 Å². The van der Waals surface area contributed by atoms with Gasteiger partial charge in [-0.15, -0.1) is 0 Å². The van der Waals surface area contributed by atoms with Crippen molar-refractivity contribution in [2.75, 3.05) is 5.75 Å². The van der Waals surface area contributed by atoms with Gasteiger partial charge in [0.1, 0.15) is 0 Å². The second-order valence-corrected chi connectivity index (χ2v) is 0.866. The van der Waals surface area contributed by atoms with Gasteiger partial charge in [0, 0.05) is 1.43 Å². The van der Waals surface area contributed by atoms with Gasteiger partial charge in [0.05, 0.1) is 0 Å². The molecule has 0 aliphatic rings. The van der Waals surface area contributed by atoms with Crippen LogP contribution in [0.15, 0.2) is 0 Å². The normalized spacial score (nSPS) is 0.750. The monoisotopic (exact) mass is 470 g/mol. The molecule has 0 rings (SSSR count). The topological polar surface area (TPSA) is 410 Å². The molecular formula is C8H56K2O13S. The van der Waals surface area contributed by atoms with Crippen molar-refractivity contribution in [2.24, 2.45) is 0 Å². The summed E-state index contributed by atoms with van der Waals surface area (Å²) in [4.78, 5) is 0. The zero-order chi connectivity index (χ0) is 2.71. The standard InChI is InChI=1S/C2H6S.5CH4.CH3.2K.13H2O.H2/c1-2-3;;;;;;;;;;;;;;;;;;;;;;/h3H,2H2,1H3;5*1H4;1H3;;;13*1H2;1H/q;;;;;;-1;2*+1;;;;;;;;;;;;;;/p-1. The summed E-state index contributed by atoms with van der Waals surface area (Å²) in [5, 5.41) is 0. The van der Waals surface area contributed by atoms with Crippen LogP contribution < -0.4 is 103 Å². The molecule has 0 unspecified atom stereocenters. The van der Waals surface area contributed by atoms with Crippen molar-refractivity contribution in [3.05, 3.63) is 7.43 Å². The number of hydrogen-bond acceptors (Lipinski definition) is 1. The molecule has 174 valence electrons. The fourth-order valence-corrected chi connectivity index (χ4v) is 0. The summed E-state index contributed by atoms with van der Waals surface area (Å²) in [7, 11) is 0. The van der Waals surface area contributed by atoms with Crippen LogP contribution in [0.3, 0.4) is 0 Å². The molecule has 0 aliphatic carbocycles. The molecule has 0 amide bonds. The van der Waals surface area contributed by atoms with Gasteiger partial charge in [0.2, 0.25) is 0 Å². The average molecular weight is 471 g/mol. The van der Waals surface area contributed by atoms with Gasteiger partial charge in [-0.25, -0.2) is 0 Å². The van der Waals surface area contributed by atoms with Crippen LogP contribution in [0.4, 0.5) is 0 Å². The van der Waals surface area contributed by atoms with E-state index >= 15 is 0 Å². The maximum Gasteiger partial charge on any atom is 1.00 e. The van der Waals surface area contributed by atoms with Crippen LogP contribution >= 0.6 is 0 Å². The van der Waals surface area contributed by atoms with Gasteiger partial charge in [-0.05, 0) is 0 Å². The minimum atomic E-state index is 0. The van der Waals surface area contributed by atoms with E-state index in [1.54, 1.807) is 0 Å². The van der Waals surface area contributed by atoms with Crippen molar-refractivity contribution >= 4 is 12.6 Å². The van der Waals surface area contributed by atoms with Gasteiger partial charge in [0.25, 0.3) is 0 Å². The van der Waals surface area contributed by atoms with Crippen LogP contribution in [0.5, 0.6) is 0 Å². The average Bonchev–Trinajstić information content (AvgIpc) is 0.918. The summed E-state index contributed by atoms with van der Waals surface area (Å²) in [5.41, 5.74) is 0. The third-order valence-electron chi connectivity index (χ3n) is 0. The van der Waals surface area contributed by atoms with Crippen LogP contribution in [0.2, 0.25) is 0 Å². The minimum absolute atomic E-state index is 0. The first-order valence-corrected chi connectivity index (χ1v) is 1.57. The Morgan fingerprint density at radius 3 is 0.458 bits per heavy atom. The molecular weight excluding hydrogens is 414 g/mol. The smallest absolute Gasteiger partial charge is 0.793 e. The third-order valence-corrected chi connectivity index (χ3v) is 0. The maximum atomic E-state index is 4.39. The maximum absolute atomic E-state index is 4.39. The van der Waals surface area contributed by atoms with Crippen LogP contribution in [0.25, 0.3) is 0 Å². The van der Waals surface area contributed by atoms with Gasteiger partial charge in [-0.1, -0.05) is 44.1 Å². The first kappa shape index (κ1) is 709. The van der Waals surface area contributed by atoms with Crippen molar-refractivity contribution in [3.63, 3.8) is 0 Å². The predicted octanol–water partition coefficient (Wildman–Crippen LogP) is -12.3. The zero-order valence-electron chi connectivity index (χ0n) is 11.6. The first-order chi connectivity index (χ1) is 1.41. The molecule has 0 aromatic rings. The molecule has 16 heteroatoms. The Morgan fingerprint density at radius 2 is 0.458 bits per heavy atom. The second kappa shape index (κ2) is 977. The van der Waals surface area contributed by atoms with E-state index in [4.69, 9.17) is 0 Å². The molecule has 26 N–H and O–H groups in total. The number of rotatable bonds is 0. The Bertz CT molecular complexity index is 42.0. The Kier molecular flexibility index (Phi) is 28900. The van der Waals surface area contributed by atoms with Crippen molar-refractivity contribution in [3.8, 4) is 0 Å². The molecule has 0 spiro atoms. The molecule has 0 heterocycles. The van der Waals surface area contributed by atoms with Gasteiger partial charge in [-0.2, -0.15) is 5.75 Å². The SMILES string of the molecule is C.C.C.C.C.CC[S-].O.O.O.O.O.O.O.O.O.O.O.O.O.[CH3-].[HH].[K+].[K+]. The quantitative estimate of drug-likeness (QED) is 0.185. The van der Waals surface area contributed by atoms with E-state index in [9.17, 15) is 0 Å². The molecule has 0 aromatic heterocycles. The van der Waals surface area contributed by atoms with Gasteiger partial charge >= 0.3 is 103 Å². The molecule has 0 saturated carbocycles. The second-order valence-electron chi connectivity index (χ2n) is 0.289. The molecule has 0 bridgehead atoms. The molecule has 0 fully saturated rings. The summed E-state index contributed by atoms with van der Waals surface area (Å²) < 4.78 is 0. The van der Waals surface area contributed by atoms with Gasteiger partial charge in [-0.3, -0.25) is 0 Å². The van der Waals surface area contributed by atoms with E-state index in [1.807, 2.05) is 6.92 Å². The van der Waals surface area contributed by atoms with Crippen LogP contribution in [0, 0.1) is 7.43 Å². The Balaban J connectivity index is -0.0000000000866. The van der Waals surface area contributed by atoms with Crippen molar-refractivity contribution < 1.29 is 175 Å². The third kappa shape index (κ3) is 1510. The Morgan fingerprint density at radius 1 is 0.458 bits per heavy atom. The van der Waals surface area contributed by atoms with E-state index in [2.05, 4.69) is 12.6 Å². The molecule has 13 nitrogen and oxygen atoms in total. The Labute approximate surface area is 241 Å². The van der Waals surface area contributed by atoms with Crippen molar-refractivity contribution in [1.29, 1.82) is 0 Å². The summed E-state index contributed by atoms with van der Waals surface area (Å²) in [6.45, 7) is 1.94. The zero-order valence-corrected chi connectivity index (χ0v) is 18.7. The van der Waals surface area contributed by atoms with E-state index in [0.29, 0.717) is 0 Å². The molecule has 0 aliphatic heterocycles. The predicted molar refractivity (Wildman–Crippen MR) is 107 cm³/mol. The molecule has 0 aromatic carbocycles. The molecule has 0 saturated heterocycles. The van der Waals surface area contributed by atoms with E-state index < -0.39 is 0 Å². The van der Waals surface area contributed by atoms with Gasteiger partial charge < -0.3 is 91.2 Å². The largest absolute Gasteiger partial charge is 1.00 e.